The van der Waals surface area contributed by atoms with Gasteiger partial charge in [-0.15, -0.1) is 11.3 Å². The van der Waals surface area contributed by atoms with E-state index in [4.69, 9.17) is 16.3 Å². The number of fused-ring (bicyclic) bond motifs is 3. The van der Waals surface area contributed by atoms with Gasteiger partial charge in [0.2, 0.25) is 0 Å². The maximum absolute atomic E-state index is 13.3. The summed E-state index contributed by atoms with van der Waals surface area (Å²) in [5.41, 5.74) is 2.48. The highest BCUT2D eigenvalue weighted by Crippen LogP contribution is 2.41. The van der Waals surface area contributed by atoms with Crippen molar-refractivity contribution in [3.63, 3.8) is 0 Å². The van der Waals surface area contributed by atoms with Crippen molar-refractivity contribution in [1.82, 2.24) is 14.5 Å². The van der Waals surface area contributed by atoms with Gasteiger partial charge >= 0.3 is 0 Å². The molecule has 3 aliphatic rings. The molecule has 2 bridgehead atoms. The van der Waals surface area contributed by atoms with Gasteiger partial charge in [-0.2, -0.15) is 0 Å². The molecule has 7 rings (SSSR count). The van der Waals surface area contributed by atoms with E-state index in [-0.39, 0.29) is 11.7 Å². The van der Waals surface area contributed by atoms with E-state index >= 15 is 0 Å². The lowest BCUT2D eigenvalue weighted by Gasteiger charge is -2.39. The molecule has 1 saturated carbocycles. The SMILES string of the molecule is O=c1c2sc(-c3ccc(Cl)cc3)cc2ncn1-c1ccc(O[C@H]2C[C@H]3CC[C@@H](C2)N3CC2CC2)cc1. The van der Waals surface area contributed by atoms with Crippen molar-refractivity contribution in [1.29, 1.82) is 0 Å². The van der Waals surface area contributed by atoms with Crippen LogP contribution in [0.25, 0.3) is 26.3 Å². The van der Waals surface area contributed by atoms with E-state index < -0.39 is 0 Å². The number of piperidine rings is 1. The summed E-state index contributed by atoms with van der Waals surface area (Å²) >= 11 is 7.49. The number of aromatic nitrogens is 2. The van der Waals surface area contributed by atoms with Crippen LogP contribution in [0.2, 0.25) is 5.02 Å². The zero-order valence-electron chi connectivity index (χ0n) is 20.0. The fourth-order valence-electron chi connectivity index (χ4n) is 5.95. The molecule has 2 aliphatic heterocycles. The molecule has 1 aliphatic carbocycles. The van der Waals surface area contributed by atoms with Crippen LogP contribution in [0.3, 0.4) is 0 Å². The topological polar surface area (TPSA) is 47.4 Å². The van der Waals surface area contributed by atoms with Crippen LogP contribution in [0.4, 0.5) is 0 Å². The van der Waals surface area contributed by atoms with Gasteiger partial charge in [0, 0.05) is 28.5 Å². The number of rotatable bonds is 6. The van der Waals surface area contributed by atoms with Crippen LogP contribution >= 0.6 is 22.9 Å². The fraction of sp³-hybridized carbons (Fsp3) is 0.379. The molecule has 4 aromatic rings. The van der Waals surface area contributed by atoms with Gasteiger partial charge in [0.05, 0.1) is 11.2 Å². The quantitative estimate of drug-likeness (QED) is 0.291. The molecule has 36 heavy (non-hydrogen) atoms. The van der Waals surface area contributed by atoms with Gasteiger partial charge in [0.15, 0.2) is 0 Å². The Morgan fingerprint density at radius 1 is 0.972 bits per heavy atom. The predicted octanol–water partition coefficient (Wildman–Crippen LogP) is 6.55. The minimum atomic E-state index is -0.0570. The number of thiophene rings is 1. The van der Waals surface area contributed by atoms with E-state index in [9.17, 15) is 4.79 Å². The van der Waals surface area contributed by atoms with E-state index in [0.29, 0.717) is 27.3 Å². The Morgan fingerprint density at radius 2 is 1.69 bits per heavy atom. The van der Waals surface area contributed by atoms with Gasteiger partial charge in [-0.05, 0) is 92.5 Å². The highest BCUT2D eigenvalue weighted by Gasteiger charge is 2.43. The molecular weight excluding hydrogens is 490 g/mol. The van der Waals surface area contributed by atoms with Gasteiger partial charge in [-0.3, -0.25) is 14.3 Å². The zero-order chi connectivity index (χ0) is 24.2. The summed E-state index contributed by atoms with van der Waals surface area (Å²) in [5, 5.41) is 0.694. The van der Waals surface area contributed by atoms with Crippen LogP contribution in [-0.2, 0) is 0 Å². The first-order chi connectivity index (χ1) is 17.6. The van der Waals surface area contributed by atoms with Crippen molar-refractivity contribution in [3.05, 3.63) is 76.3 Å². The number of ether oxygens (including phenoxy) is 1. The van der Waals surface area contributed by atoms with Gasteiger partial charge in [0.1, 0.15) is 22.9 Å². The molecular formula is C29H28ClN3O2S. The molecule has 2 aromatic carbocycles. The molecule has 4 heterocycles. The van der Waals surface area contributed by atoms with Crippen LogP contribution in [0.1, 0.15) is 38.5 Å². The monoisotopic (exact) mass is 517 g/mol. The molecule has 2 aromatic heterocycles. The van der Waals surface area contributed by atoms with Crippen LogP contribution in [-0.4, -0.2) is 39.2 Å². The molecule has 0 spiro atoms. The smallest absolute Gasteiger partial charge is 0.275 e. The standard InChI is InChI=1S/C29H28ClN3O2S/c30-20-5-3-19(4-6-20)27-15-26-28(36-27)29(34)33(17-31-26)21-9-11-24(12-10-21)35-25-13-22-7-8-23(14-25)32(22)16-18-1-2-18/h3-6,9-12,15,17-18,22-23,25H,1-2,7-8,13-14,16H2/t22-,23+,25+. The Hall–Kier alpha value is -2.67. The number of benzene rings is 2. The average Bonchev–Trinajstić information content (AvgIpc) is 3.54. The summed E-state index contributed by atoms with van der Waals surface area (Å²) < 4.78 is 8.69. The number of hydrogen-bond acceptors (Lipinski definition) is 5. The fourth-order valence-corrected chi connectivity index (χ4v) is 7.12. The molecule has 0 unspecified atom stereocenters. The van der Waals surface area contributed by atoms with Crippen LogP contribution < -0.4 is 10.3 Å². The predicted molar refractivity (Wildman–Crippen MR) is 146 cm³/mol. The lowest BCUT2D eigenvalue weighted by Crippen LogP contribution is -2.47. The summed E-state index contributed by atoms with van der Waals surface area (Å²) in [7, 11) is 0. The summed E-state index contributed by atoms with van der Waals surface area (Å²) in [5.74, 6) is 1.83. The maximum Gasteiger partial charge on any atom is 0.275 e. The Bertz CT molecular complexity index is 1440. The zero-order valence-corrected chi connectivity index (χ0v) is 21.5. The van der Waals surface area contributed by atoms with Crippen LogP contribution in [0.5, 0.6) is 5.75 Å². The van der Waals surface area contributed by atoms with Crippen LogP contribution in [0, 0.1) is 5.92 Å². The molecule has 0 radical (unpaired) electrons. The maximum atomic E-state index is 13.3. The molecule has 7 heteroatoms. The van der Waals surface area contributed by atoms with Gasteiger partial charge in [-0.1, -0.05) is 23.7 Å². The summed E-state index contributed by atoms with van der Waals surface area (Å²) in [4.78, 5) is 21.6. The number of halogens is 1. The van der Waals surface area contributed by atoms with Crippen molar-refractivity contribution >= 4 is 33.2 Å². The largest absolute Gasteiger partial charge is 0.490 e. The lowest BCUT2D eigenvalue weighted by molar-refractivity contribution is 0.0466. The molecule has 2 saturated heterocycles. The number of nitrogens with zero attached hydrogens (tertiary/aromatic N) is 3. The molecule has 0 N–H and O–H groups in total. The number of hydrogen-bond donors (Lipinski definition) is 0. The first-order valence-corrected chi connectivity index (χ1v) is 14.1. The van der Waals surface area contributed by atoms with Crippen molar-refractivity contribution in [3.8, 4) is 21.9 Å². The minimum Gasteiger partial charge on any atom is -0.490 e. The second kappa shape index (κ2) is 9.02. The first-order valence-electron chi connectivity index (χ1n) is 12.9. The second-order valence-corrected chi connectivity index (χ2v) is 12.0. The highest BCUT2D eigenvalue weighted by atomic mass is 35.5. The third-order valence-electron chi connectivity index (χ3n) is 7.99. The Balaban J connectivity index is 1.08. The molecule has 0 amide bonds. The van der Waals surface area contributed by atoms with Crippen LogP contribution in [0.15, 0.2) is 65.7 Å². The summed E-state index contributed by atoms with van der Waals surface area (Å²) in [6.45, 7) is 1.30. The van der Waals surface area contributed by atoms with Crippen molar-refractivity contribution in [2.24, 2.45) is 5.92 Å². The lowest BCUT2D eigenvalue weighted by atomic mass is 9.99. The normalized spacial score (nSPS) is 23.9. The molecule has 3 atom stereocenters. The van der Waals surface area contributed by atoms with Crippen molar-refractivity contribution < 1.29 is 4.74 Å². The summed E-state index contributed by atoms with van der Waals surface area (Å²) in [6, 6.07) is 18.9. The van der Waals surface area contributed by atoms with Gasteiger partial charge < -0.3 is 4.74 Å². The second-order valence-electron chi connectivity index (χ2n) is 10.5. The van der Waals surface area contributed by atoms with E-state index in [1.165, 1.54) is 43.6 Å². The minimum absolute atomic E-state index is 0.0570. The molecule has 5 nitrogen and oxygen atoms in total. The Morgan fingerprint density at radius 3 is 2.39 bits per heavy atom. The van der Waals surface area contributed by atoms with E-state index in [2.05, 4.69) is 9.88 Å². The third-order valence-corrected chi connectivity index (χ3v) is 9.40. The third kappa shape index (κ3) is 4.25. The summed E-state index contributed by atoms with van der Waals surface area (Å²) in [6.07, 6.45) is 9.62. The Labute approximate surface area is 219 Å². The van der Waals surface area contributed by atoms with Crippen molar-refractivity contribution in [2.75, 3.05) is 6.54 Å². The Kier molecular flexibility index (Phi) is 5.64. The van der Waals surface area contributed by atoms with Gasteiger partial charge in [0.25, 0.3) is 5.56 Å². The molecule has 3 fully saturated rings. The van der Waals surface area contributed by atoms with E-state index in [1.54, 1.807) is 10.9 Å². The highest BCUT2D eigenvalue weighted by molar-refractivity contribution is 7.22. The first kappa shape index (κ1) is 22.5. The van der Waals surface area contributed by atoms with Crippen molar-refractivity contribution in [2.45, 2.75) is 56.7 Å². The van der Waals surface area contributed by atoms with E-state index in [0.717, 1.165) is 40.6 Å². The van der Waals surface area contributed by atoms with E-state index in [1.807, 2.05) is 54.6 Å². The average molecular weight is 518 g/mol. The molecule has 184 valence electrons. The van der Waals surface area contributed by atoms with Gasteiger partial charge in [-0.25, -0.2) is 4.98 Å².